The van der Waals surface area contributed by atoms with Gasteiger partial charge in [0.2, 0.25) is 5.91 Å². The van der Waals surface area contributed by atoms with E-state index in [0.717, 1.165) is 22.3 Å². The summed E-state index contributed by atoms with van der Waals surface area (Å²) in [7, 11) is 0. The van der Waals surface area contributed by atoms with Crippen LogP contribution in [0.2, 0.25) is 0 Å². The molecule has 0 aliphatic heterocycles. The Kier molecular flexibility index (Phi) is 5.25. The van der Waals surface area contributed by atoms with Crippen molar-refractivity contribution in [1.82, 2.24) is 10.3 Å². The molecule has 0 aliphatic rings. The smallest absolute Gasteiger partial charge is 0.239 e. The molecule has 1 heterocycles. The Morgan fingerprint density at radius 3 is 2.94 bits per heavy atom. The maximum atomic E-state index is 11.3. The average molecular weight is 286 g/mol. The molecule has 0 bridgehead atoms. The minimum atomic E-state index is -0.00836. The summed E-state index contributed by atoms with van der Waals surface area (Å²) < 4.78 is 0.936. The predicted octanol–water partition coefficient (Wildman–Crippen LogP) is 2.09. The lowest BCUT2D eigenvalue weighted by Crippen LogP contribution is -2.30. The molecule has 0 radical (unpaired) electrons. The normalized spacial score (nSPS) is 9.94. The fourth-order valence-electron chi connectivity index (χ4n) is 1.22. The Labute approximate surface area is 104 Å². The predicted molar refractivity (Wildman–Crippen MR) is 68.5 cm³/mol. The molecule has 0 saturated carbocycles. The summed E-state index contributed by atoms with van der Waals surface area (Å²) in [4.78, 5) is 15.5. The zero-order valence-electron chi connectivity index (χ0n) is 9.51. The number of hydrogen-bond acceptors (Lipinski definition) is 3. The van der Waals surface area contributed by atoms with E-state index in [-0.39, 0.29) is 12.5 Å². The van der Waals surface area contributed by atoms with Crippen LogP contribution in [-0.4, -0.2) is 24.0 Å². The molecule has 1 amide bonds. The molecule has 1 aromatic rings. The van der Waals surface area contributed by atoms with Gasteiger partial charge < -0.3 is 10.6 Å². The van der Waals surface area contributed by atoms with Crippen molar-refractivity contribution in [3.05, 3.63) is 22.3 Å². The first kappa shape index (κ1) is 13.0. The van der Waals surface area contributed by atoms with Crippen LogP contribution in [0.1, 0.15) is 18.9 Å². The van der Waals surface area contributed by atoms with E-state index in [0.29, 0.717) is 6.54 Å². The molecule has 16 heavy (non-hydrogen) atoms. The number of aryl methyl sites for hydroxylation is 1. The van der Waals surface area contributed by atoms with Gasteiger partial charge in [-0.1, -0.05) is 6.92 Å². The molecule has 0 atom stereocenters. The summed E-state index contributed by atoms with van der Waals surface area (Å²) in [5, 5.41) is 5.80. The van der Waals surface area contributed by atoms with Gasteiger partial charge in [-0.15, -0.1) is 0 Å². The van der Waals surface area contributed by atoms with Gasteiger partial charge in [-0.3, -0.25) is 4.79 Å². The molecule has 2 N–H and O–H groups in total. The van der Waals surface area contributed by atoms with Crippen LogP contribution in [0.5, 0.6) is 0 Å². The van der Waals surface area contributed by atoms with Gasteiger partial charge in [-0.05, 0) is 40.9 Å². The van der Waals surface area contributed by atoms with Crippen LogP contribution >= 0.6 is 15.9 Å². The fourth-order valence-corrected chi connectivity index (χ4v) is 1.66. The van der Waals surface area contributed by atoms with Crippen molar-refractivity contribution in [2.75, 3.05) is 18.4 Å². The number of carbonyl (C=O) groups excluding carboxylic acids is 1. The van der Waals surface area contributed by atoms with Gasteiger partial charge in [0.15, 0.2) is 0 Å². The summed E-state index contributed by atoms with van der Waals surface area (Å²) in [5.74, 6) is 0.737. The third-order valence-corrected chi connectivity index (χ3v) is 2.47. The summed E-state index contributed by atoms with van der Waals surface area (Å²) in [5.41, 5.74) is 1.01. The Morgan fingerprint density at radius 2 is 2.31 bits per heavy atom. The molecule has 0 spiro atoms. The third kappa shape index (κ3) is 4.18. The summed E-state index contributed by atoms with van der Waals surface area (Å²) in [6.07, 6.45) is 2.65. The first-order valence-corrected chi connectivity index (χ1v) is 6.05. The molecule has 0 saturated heterocycles. The molecular weight excluding hydrogens is 270 g/mol. The lowest BCUT2D eigenvalue weighted by atomic mass is 10.3. The largest absolute Gasteiger partial charge is 0.361 e. The van der Waals surface area contributed by atoms with E-state index in [4.69, 9.17) is 0 Å². The minimum absolute atomic E-state index is 0.00836. The summed E-state index contributed by atoms with van der Waals surface area (Å²) >= 11 is 3.34. The molecule has 1 rings (SSSR count). The molecule has 5 heteroatoms. The van der Waals surface area contributed by atoms with Gasteiger partial charge in [0.25, 0.3) is 0 Å². The highest BCUT2D eigenvalue weighted by Crippen LogP contribution is 2.16. The van der Waals surface area contributed by atoms with Crippen molar-refractivity contribution in [3.8, 4) is 0 Å². The molecule has 1 aromatic heterocycles. The zero-order valence-corrected chi connectivity index (χ0v) is 11.1. The van der Waals surface area contributed by atoms with Crippen LogP contribution in [-0.2, 0) is 4.79 Å². The Bertz CT molecular complexity index is 368. The quantitative estimate of drug-likeness (QED) is 0.871. The Morgan fingerprint density at radius 1 is 1.56 bits per heavy atom. The number of halogens is 1. The summed E-state index contributed by atoms with van der Waals surface area (Å²) in [6, 6.07) is 1.96. The van der Waals surface area contributed by atoms with E-state index >= 15 is 0 Å². The lowest BCUT2D eigenvalue weighted by molar-refractivity contribution is -0.119. The standard InChI is InChI=1S/C11H16BrN3O/c1-3-4-13-10(16)7-15-11-8(2)5-9(12)6-14-11/h5-6H,3-4,7H2,1-2H3,(H,13,16)(H,14,15). The van der Waals surface area contributed by atoms with Crippen LogP contribution in [0.4, 0.5) is 5.82 Å². The van der Waals surface area contributed by atoms with Crippen LogP contribution < -0.4 is 10.6 Å². The van der Waals surface area contributed by atoms with Crippen molar-refractivity contribution in [1.29, 1.82) is 0 Å². The van der Waals surface area contributed by atoms with E-state index in [1.165, 1.54) is 0 Å². The number of anilines is 1. The number of nitrogens with zero attached hydrogens (tertiary/aromatic N) is 1. The van der Waals surface area contributed by atoms with E-state index in [9.17, 15) is 4.79 Å². The number of pyridine rings is 1. The molecule has 0 fully saturated rings. The second-order valence-electron chi connectivity index (χ2n) is 3.52. The number of amides is 1. The zero-order chi connectivity index (χ0) is 12.0. The highest BCUT2D eigenvalue weighted by atomic mass is 79.9. The number of rotatable bonds is 5. The highest BCUT2D eigenvalue weighted by Gasteiger charge is 2.03. The van der Waals surface area contributed by atoms with Crippen molar-refractivity contribution in [2.45, 2.75) is 20.3 Å². The molecule has 4 nitrogen and oxygen atoms in total. The topological polar surface area (TPSA) is 54.0 Å². The van der Waals surface area contributed by atoms with Gasteiger partial charge in [0.05, 0.1) is 6.54 Å². The second kappa shape index (κ2) is 6.48. The van der Waals surface area contributed by atoms with Crippen molar-refractivity contribution in [2.24, 2.45) is 0 Å². The monoisotopic (exact) mass is 285 g/mol. The van der Waals surface area contributed by atoms with Crippen LogP contribution in [0.3, 0.4) is 0 Å². The van der Waals surface area contributed by atoms with Gasteiger partial charge >= 0.3 is 0 Å². The Balaban J connectivity index is 2.45. The van der Waals surface area contributed by atoms with E-state index in [2.05, 4.69) is 31.5 Å². The lowest BCUT2D eigenvalue weighted by Gasteiger charge is -2.08. The summed E-state index contributed by atoms with van der Waals surface area (Å²) in [6.45, 7) is 4.95. The molecular formula is C11H16BrN3O. The fraction of sp³-hybridized carbons (Fsp3) is 0.455. The molecule has 88 valence electrons. The number of carbonyl (C=O) groups is 1. The average Bonchev–Trinajstić information content (AvgIpc) is 2.25. The number of hydrogen-bond donors (Lipinski definition) is 2. The van der Waals surface area contributed by atoms with E-state index < -0.39 is 0 Å². The van der Waals surface area contributed by atoms with Crippen molar-refractivity contribution in [3.63, 3.8) is 0 Å². The van der Waals surface area contributed by atoms with Crippen LogP contribution in [0.25, 0.3) is 0 Å². The third-order valence-electron chi connectivity index (χ3n) is 2.03. The number of aromatic nitrogens is 1. The highest BCUT2D eigenvalue weighted by molar-refractivity contribution is 9.10. The van der Waals surface area contributed by atoms with Crippen LogP contribution in [0.15, 0.2) is 16.7 Å². The second-order valence-corrected chi connectivity index (χ2v) is 4.44. The van der Waals surface area contributed by atoms with Gasteiger partial charge in [0, 0.05) is 17.2 Å². The Hall–Kier alpha value is -1.10. The minimum Gasteiger partial charge on any atom is -0.361 e. The van der Waals surface area contributed by atoms with Crippen molar-refractivity contribution < 1.29 is 4.79 Å². The molecule has 0 unspecified atom stereocenters. The van der Waals surface area contributed by atoms with Crippen molar-refractivity contribution >= 4 is 27.7 Å². The first-order valence-electron chi connectivity index (χ1n) is 5.26. The van der Waals surface area contributed by atoms with Gasteiger partial charge in [-0.25, -0.2) is 4.98 Å². The SMILES string of the molecule is CCCNC(=O)CNc1ncc(Br)cc1C. The molecule has 0 aromatic carbocycles. The first-order chi connectivity index (χ1) is 7.63. The maximum absolute atomic E-state index is 11.3. The van der Waals surface area contributed by atoms with Crippen LogP contribution in [0, 0.1) is 6.92 Å². The van der Waals surface area contributed by atoms with E-state index in [1.54, 1.807) is 6.20 Å². The molecule has 0 aliphatic carbocycles. The van der Waals surface area contributed by atoms with Gasteiger partial charge in [-0.2, -0.15) is 0 Å². The van der Waals surface area contributed by atoms with E-state index in [1.807, 2.05) is 19.9 Å². The van der Waals surface area contributed by atoms with Gasteiger partial charge in [0.1, 0.15) is 5.82 Å². The maximum Gasteiger partial charge on any atom is 0.239 e. The number of nitrogens with one attached hydrogen (secondary N) is 2.